The van der Waals surface area contributed by atoms with Crippen LogP contribution in [0.5, 0.6) is 5.75 Å². The minimum Gasteiger partial charge on any atom is -0.479 e. The lowest BCUT2D eigenvalue weighted by Crippen LogP contribution is -2.44. The Labute approximate surface area is 123 Å². The first kappa shape index (κ1) is 14.9. The van der Waals surface area contributed by atoms with Gasteiger partial charge in [-0.05, 0) is 38.5 Å². The summed E-state index contributed by atoms with van der Waals surface area (Å²) in [5.74, 6) is 0.393. The number of amides is 1. The Bertz CT molecular complexity index is 542. The van der Waals surface area contributed by atoms with Crippen LogP contribution < -0.4 is 9.64 Å². The van der Waals surface area contributed by atoms with Gasteiger partial charge in [-0.25, -0.2) is 0 Å². The van der Waals surface area contributed by atoms with Crippen LogP contribution in [-0.4, -0.2) is 29.7 Å². The Morgan fingerprint density at radius 2 is 2.20 bits per heavy atom. The number of benzene rings is 1. The molecular weight excluding hydrogens is 278 g/mol. The molecule has 2 atom stereocenters. The van der Waals surface area contributed by atoms with Gasteiger partial charge in [0.05, 0.1) is 11.1 Å². The largest absolute Gasteiger partial charge is 0.479 e. The quantitative estimate of drug-likeness (QED) is 0.633. The molecule has 0 saturated carbocycles. The van der Waals surface area contributed by atoms with Gasteiger partial charge in [0.25, 0.3) is 5.91 Å². The van der Waals surface area contributed by atoms with Gasteiger partial charge in [-0.15, -0.1) is 11.6 Å². The number of hydrogen-bond acceptors (Lipinski definition) is 3. The van der Waals surface area contributed by atoms with Crippen LogP contribution in [0.3, 0.4) is 0 Å². The minimum atomic E-state index is -0.591. The Morgan fingerprint density at radius 1 is 1.50 bits per heavy atom. The molecule has 1 aromatic carbocycles. The van der Waals surface area contributed by atoms with Gasteiger partial charge >= 0.3 is 0 Å². The number of ether oxygens (including phenoxy) is 1. The van der Waals surface area contributed by atoms with Crippen LogP contribution in [0.1, 0.15) is 37.6 Å². The Kier molecular flexibility index (Phi) is 4.33. The number of Topliss-reactive ketones (excluding diaryl/α,β-unsaturated/α-hetero) is 1. The molecule has 0 fully saturated rings. The van der Waals surface area contributed by atoms with Gasteiger partial charge in [0.2, 0.25) is 0 Å². The highest BCUT2D eigenvalue weighted by atomic mass is 35.5. The fourth-order valence-electron chi connectivity index (χ4n) is 2.24. The second-order valence-electron chi connectivity index (χ2n) is 4.91. The van der Waals surface area contributed by atoms with E-state index in [1.165, 1.54) is 0 Å². The van der Waals surface area contributed by atoms with Gasteiger partial charge in [0.15, 0.2) is 11.9 Å². The topological polar surface area (TPSA) is 46.6 Å². The lowest BCUT2D eigenvalue weighted by Gasteiger charge is -2.33. The summed E-state index contributed by atoms with van der Waals surface area (Å²) < 4.78 is 5.58. The number of fused-ring (bicyclic) bond motifs is 1. The Balaban J connectivity index is 2.45. The molecule has 4 nitrogen and oxygen atoms in total. The Hall–Kier alpha value is -1.55. The molecule has 1 heterocycles. The van der Waals surface area contributed by atoms with E-state index < -0.39 is 11.5 Å². The van der Waals surface area contributed by atoms with Gasteiger partial charge in [-0.3, -0.25) is 9.59 Å². The van der Waals surface area contributed by atoms with Crippen molar-refractivity contribution in [3.05, 3.63) is 23.8 Å². The molecule has 0 spiro atoms. The molecule has 1 aliphatic heterocycles. The summed E-state index contributed by atoms with van der Waals surface area (Å²) in [7, 11) is 0. The summed E-state index contributed by atoms with van der Waals surface area (Å²) in [4.78, 5) is 25.8. The van der Waals surface area contributed by atoms with E-state index in [1.807, 2.05) is 6.92 Å². The molecule has 0 saturated heterocycles. The molecule has 1 aliphatic rings. The monoisotopic (exact) mass is 295 g/mol. The van der Waals surface area contributed by atoms with Gasteiger partial charge in [-0.1, -0.05) is 6.92 Å². The van der Waals surface area contributed by atoms with Crippen LogP contribution in [0.2, 0.25) is 0 Å². The summed E-state index contributed by atoms with van der Waals surface area (Å²) in [5.41, 5.74) is 1.15. The van der Waals surface area contributed by atoms with Gasteiger partial charge in [0, 0.05) is 12.1 Å². The summed E-state index contributed by atoms with van der Waals surface area (Å²) >= 11 is 5.83. The first-order chi connectivity index (χ1) is 9.45. The summed E-state index contributed by atoms with van der Waals surface area (Å²) in [6.45, 7) is 5.97. The van der Waals surface area contributed by atoms with Crippen LogP contribution in [0.4, 0.5) is 5.69 Å². The van der Waals surface area contributed by atoms with E-state index in [9.17, 15) is 9.59 Å². The smallest absolute Gasteiger partial charge is 0.267 e. The highest BCUT2D eigenvalue weighted by Gasteiger charge is 2.31. The van der Waals surface area contributed by atoms with E-state index in [4.69, 9.17) is 16.3 Å². The molecule has 0 aromatic heterocycles. The zero-order chi connectivity index (χ0) is 14.9. The number of halogens is 1. The normalized spacial score (nSPS) is 19.3. The molecule has 0 bridgehead atoms. The van der Waals surface area contributed by atoms with Gasteiger partial charge in [-0.2, -0.15) is 0 Å². The van der Waals surface area contributed by atoms with Crippen LogP contribution in [0.15, 0.2) is 18.2 Å². The van der Waals surface area contributed by atoms with E-state index in [0.717, 1.165) is 6.42 Å². The number of anilines is 1. The standard InChI is InChI=1S/C15H18ClNO3/c1-4-7-17-12-8-11(14(18)9(2)16)5-6-13(12)20-10(3)15(17)19/h5-6,8-10H,4,7H2,1-3H3. The average Bonchev–Trinajstić information content (AvgIpc) is 2.42. The molecule has 5 heteroatoms. The molecule has 2 rings (SSSR count). The number of rotatable bonds is 4. The predicted octanol–water partition coefficient (Wildman–Crippen LogP) is 3.02. The number of alkyl halides is 1. The lowest BCUT2D eigenvalue weighted by molar-refractivity contribution is -0.125. The number of carbonyl (C=O) groups excluding carboxylic acids is 2. The number of nitrogens with zero attached hydrogens (tertiary/aromatic N) is 1. The molecule has 0 aliphatic carbocycles. The fraction of sp³-hybridized carbons (Fsp3) is 0.467. The molecule has 108 valence electrons. The highest BCUT2D eigenvalue weighted by molar-refractivity contribution is 6.33. The summed E-state index contributed by atoms with van der Waals surface area (Å²) in [6, 6.07) is 5.11. The van der Waals surface area contributed by atoms with Crippen molar-refractivity contribution in [1.82, 2.24) is 0 Å². The van der Waals surface area contributed by atoms with E-state index >= 15 is 0 Å². The second kappa shape index (κ2) is 5.83. The maximum absolute atomic E-state index is 12.2. The predicted molar refractivity (Wildman–Crippen MR) is 78.8 cm³/mol. The maximum atomic E-state index is 12.2. The number of carbonyl (C=O) groups is 2. The highest BCUT2D eigenvalue weighted by Crippen LogP contribution is 2.35. The summed E-state index contributed by atoms with van der Waals surface area (Å²) in [5, 5.41) is -0.591. The maximum Gasteiger partial charge on any atom is 0.267 e. The number of ketones is 1. The van der Waals surface area contributed by atoms with Crippen molar-refractivity contribution >= 4 is 29.0 Å². The molecule has 2 unspecified atom stereocenters. The zero-order valence-corrected chi connectivity index (χ0v) is 12.6. The third kappa shape index (κ3) is 2.66. The summed E-state index contributed by atoms with van der Waals surface area (Å²) in [6.07, 6.45) is 0.338. The SMILES string of the molecule is CCCN1C(=O)C(C)Oc2ccc(C(=O)C(C)Cl)cc21. The second-order valence-corrected chi connectivity index (χ2v) is 5.57. The first-order valence-electron chi connectivity index (χ1n) is 6.76. The fourth-order valence-corrected chi connectivity index (χ4v) is 2.37. The van der Waals surface area contributed by atoms with E-state index in [2.05, 4.69) is 0 Å². The van der Waals surface area contributed by atoms with Crippen LogP contribution in [0.25, 0.3) is 0 Å². The molecule has 0 N–H and O–H groups in total. The van der Waals surface area contributed by atoms with Crippen molar-refractivity contribution < 1.29 is 14.3 Å². The molecule has 0 radical (unpaired) electrons. The van der Waals surface area contributed by atoms with Crippen LogP contribution in [-0.2, 0) is 4.79 Å². The van der Waals surface area contributed by atoms with Crippen molar-refractivity contribution in [3.8, 4) is 5.75 Å². The van der Waals surface area contributed by atoms with Gasteiger partial charge < -0.3 is 9.64 Å². The van der Waals surface area contributed by atoms with Crippen molar-refractivity contribution in [3.63, 3.8) is 0 Å². The van der Waals surface area contributed by atoms with Crippen LogP contribution in [0, 0.1) is 0 Å². The Morgan fingerprint density at radius 3 is 2.80 bits per heavy atom. The minimum absolute atomic E-state index is 0.0807. The van der Waals surface area contributed by atoms with Crippen molar-refractivity contribution in [2.75, 3.05) is 11.4 Å². The van der Waals surface area contributed by atoms with E-state index in [1.54, 1.807) is 36.9 Å². The molecular formula is C15H18ClNO3. The molecule has 20 heavy (non-hydrogen) atoms. The van der Waals surface area contributed by atoms with E-state index in [-0.39, 0.29) is 11.7 Å². The molecule has 1 amide bonds. The van der Waals surface area contributed by atoms with Crippen molar-refractivity contribution in [2.24, 2.45) is 0 Å². The zero-order valence-electron chi connectivity index (χ0n) is 11.9. The number of hydrogen-bond donors (Lipinski definition) is 0. The average molecular weight is 296 g/mol. The van der Waals surface area contributed by atoms with Crippen molar-refractivity contribution in [1.29, 1.82) is 0 Å². The first-order valence-corrected chi connectivity index (χ1v) is 7.19. The van der Waals surface area contributed by atoms with Gasteiger partial charge in [0.1, 0.15) is 5.75 Å². The third-order valence-electron chi connectivity index (χ3n) is 3.26. The lowest BCUT2D eigenvalue weighted by atomic mass is 10.1. The van der Waals surface area contributed by atoms with Crippen molar-refractivity contribution in [2.45, 2.75) is 38.7 Å². The third-order valence-corrected chi connectivity index (χ3v) is 3.46. The van der Waals surface area contributed by atoms with Crippen LogP contribution >= 0.6 is 11.6 Å². The molecule has 1 aromatic rings. The van der Waals surface area contributed by atoms with E-state index in [0.29, 0.717) is 23.5 Å².